The lowest BCUT2D eigenvalue weighted by atomic mass is 10.1. The molecular weight excluding hydrogens is 266 g/mol. The molecule has 0 fully saturated rings. The van der Waals surface area contributed by atoms with Gasteiger partial charge in [0.25, 0.3) is 0 Å². The Balaban J connectivity index is 2.22. The molecular formula is C15H17N5O. The average Bonchev–Trinajstić information content (AvgIpc) is 2.83. The molecule has 21 heavy (non-hydrogen) atoms. The molecule has 0 aliphatic carbocycles. The van der Waals surface area contributed by atoms with Crippen LogP contribution < -0.4 is 10.5 Å². The van der Waals surface area contributed by atoms with Crippen LogP contribution in [0.4, 0.5) is 5.95 Å². The van der Waals surface area contributed by atoms with Crippen LogP contribution in [-0.2, 0) is 7.05 Å². The maximum absolute atomic E-state index is 5.85. The normalized spacial score (nSPS) is 11.0. The van der Waals surface area contributed by atoms with Crippen LogP contribution in [0.25, 0.3) is 22.3 Å². The minimum Gasteiger partial charge on any atom is -0.493 e. The summed E-state index contributed by atoms with van der Waals surface area (Å²) in [6, 6.07) is 3.72. The Bertz CT molecular complexity index is 781. The number of aryl methyl sites for hydroxylation is 1. The zero-order chi connectivity index (χ0) is 14.8. The van der Waals surface area contributed by atoms with Crippen molar-refractivity contribution in [2.75, 3.05) is 12.3 Å². The quantitative estimate of drug-likeness (QED) is 0.795. The molecule has 2 N–H and O–H groups in total. The van der Waals surface area contributed by atoms with Crippen molar-refractivity contribution >= 4 is 17.0 Å². The Morgan fingerprint density at radius 2 is 2.05 bits per heavy atom. The third-order valence-corrected chi connectivity index (χ3v) is 3.23. The first-order valence-electron chi connectivity index (χ1n) is 6.86. The Hall–Kier alpha value is -2.63. The molecule has 6 nitrogen and oxygen atoms in total. The zero-order valence-electron chi connectivity index (χ0n) is 12.1. The summed E-state index contributed by atoms with van der Waals surface area (Å²) in [6.45, 7) is 2.74. The molecule has 3 aromatic heterocycles. The number of hydrogen-bond acceptors (Lipinski definition) is 5. The van der Waals surface area contributed by atoms with Crippen LogP contribution in [0.2, 0.25) is 0 Å². The van der Waals surface area contributed by atoms with Gasteiger partial charge in [-0.2, -0.15) is 0 Å². The van der Waals surface area contributed by atoms with E-state index in [1.807, 2.05) is 29.9 Å². The van der Waals surface area contributed by atoms with Gasteiger partial charge in [-0.3, -0.25) is 0 Å². The molecule has 0 saturated heterocycles. The van der Waals surface area contributed by atoms with Gasteiger partial charge in [-0.1, -0.05) is 6.92 Å². The van der Waals surface area contributed by atoms with E-state index in [0.717, 1.165) is 34.5 Å². The van der Waals surface area contributed by atoms with Gasteiger partial charge in [0.05, 0.1) is 17.7 Å². The fourth-order valence-corrected chi connectivity index (χ4v) is 2.32. The largest absolute Gasteiger partial charge is 0.493 e. The van der Waals surface area contributed by atoms with Crippen molar-refractivity contribution in [2.24, 2.45) is 7.05 Å². The number of ether oxygens (including phenoxy) is 1. The lowest BCUT2D eigenvalue weighted by Gasteiger charge is -2.07. The Labute approximate surface area is 122 Å². The molecule has 6 heteroatoms. The molecule has 0 radical (unpaired) electrons. The van der Waals surface area contributed by atoms with Crippen molar-refractivity contribution in [1.82, 2.24) is 19.5 Å². The summed E-state index contributed by atoms with van der Waals surface area (Å²) in [5, 5.41) is 0.951. The van der Waals surface area contributed by atoms with Gasteiger partial charge in [0.2, 0.25) is 5.95 Å². The molecule has 0 spiro atoms. The summed E-state index contributed by atoms with van der Waals surface area (Å²) in [5.41, 5.74) is 8.26. The summed E-state index contributed by atoms with van der Waals surface area (Å²) in [4.78, 5) is 12.7. The minimum absolute atomic E-state index is 0.254. The summed E-state index contributed by atoms with van der Waals surface area (Å²) in [6.07, 6.45) is 6.34. The van der Waals surface area contributed by atoms with E-state index in [1.54, 1.807) is 12.4 Å². The molecule has 0 amide bonds. The Morgan fingerprint density at radius 1 is 1.24 bits per heavy atom. The molecule has 108 valence electrons. The second-order valence-electron chi connectivity index (χ2n) is 4.81. The highest BCUT2D eigenvalue weighted by molar-refractivity contribution is 5.97. The van der Waals surface area contributed by atoms with E-state index >= 15 is 0 Å². The van der Waals surface area contributed by atoms with Gasteiger partial charge < -0.3 is 15.0 Å². The smallest absolute Gasteiger partial charge is 0.220 e. The first-order chi connectivity index (χ1) is 10.2. The second kappa shape index (κ2) is 5.40. The van der Waals surface area contributed by atoms with Crippen molar-refractivity contribution in [3.63, 3.8) is 0 Å². The predicted molar refractivity (Wildman–Crippen MR) is 81.9 cm³/mol. The fourth-order valence-electron chi connectivity index (χ4n) is 2.32. The van der Waals surface area contributed by atoms with Crippen LogP contribution in [0.3, 0.4) is 0 Å². The van der Waals surface area contributed by atoms with Crippen molar-refractivity contribution in [3.05, 3.63) is 30.7 Å². The van der Waals surface area contributed by atoms with Crippen molar-refractivity contribution in [3.8, 4) is 17.0 Å². The SMILES string of the molecule is CCCOc1ccnc2c1c(-c1ccnc(N)n1)cn2C. The van der Waals surface area contributed by atoms with Crippen molar-refractivity contribution < 1.29 is 4.74 Å². The van der Waals surface area contributed by atoms with E-state index in [2.05, 4.69) is 21.9 Å². The van der Waals surface area contributed by atoms with E-state index in [1.165, 1.54) is 0 Å². The first kappa shape index (κ1) is 13.4. The number of fused-ring (bicyclic) bond motifs is 1. The number of rotatable bonds is 4. The second-order valence-corrected chi connectivity index (χ2v) is 4.81. The summed E-state index contributed by atoms with van der Waals surface area (Å²) < 4.78 is 7.81. The number of pyridine rings is 1. The summed E-state index contributed by atoms with van der Waals surface area (Å²) >= 11 is 0. The third-order valence-electron chi connectivity index (χ3n) is 3.23. The lowest BCUT2D eigenvalue weighted by molar-refractivity contribution is 0.321. The predicted octanol–water partition coefficient (Wildman–Crippen LogP) is 2.40. The third kappa shape index (κ3) is 2.40. The summed E-state index contributed by atoms with van der Waals surface area (Å²) in [7, 11) is 1.95. The van der Waals surface area contributed by atoms with Crippen LogP contribution in [0, 0.1) is 0 Å². The highest BCUT2D eigenvalue weighted by Crippen LogP contribution is 2.34. The van der Waals surface area contributed by atoms with Gasteiger partial charge in [-0.05, 0) is 18.6 Å². The van der Waals surface area contributed by atoms with Gasteiger partial charge in [-0.25, -0.2) is 15.0 Å². The molecule has 3 heterocycles. The molecule has 0 aliphatic rings. The molecule has 0 aromatic carbocycles. The van der Waals surface area contributed by atoms with Crippen LogP contribution in [0.15, 0.2) is 30.7 Å². The number of nitrogen functional groups attached to an aromatic ring is 1. The highest BCUT2D eigenvalue weighted by Gasteiger charge is 2.15. The van der Waals surface area contributed by atoms with Gasteiger partial charge in [0.1, 0.15) is 11.4 Å². The van der Waals surface area contributed by atoms with E-state index in [9.17, 15) is 0 Å². The first-order valence-corrected chi connectivity index (χ1v) is 6.86. The highest BCUT2D eigenvalue weighted by atomic mass is 16.5. The topological polar surface area (TPSA) is 78.8 Å². The maximum Gasteiger partial charge on any atom is 0.220 e. The zero-order valence-corrected chi connectivity index (χ0v) is 12.1. The number of hydrogen-bond donors (Lipinski definition) is 1. The van der Waals surface area contributed by atoms with Crippen LogP contribution in [0.1, 0.15) is 13.3 Å². The van der Waals surface area contributed by atoms with Crippen LogP contribution in [0.5, 0.6) is 5.75 Å². The van der Waals surface area contributed by atoms with E-state index in [-0.39, 0.29) is 5.95 Å². The van der Waals surface area contributed by atoms with E-state index < -0.39 is 0 Å². The number of nitrogens with two attached hydrogens (primary N) is 1. The molecule has 0 aliphatic heterocycles. The van der Waals surface area contributed by atoms with E-state index in [4.69, 9.17) is 10.5 Å². The Kier molecular flexibility index (Phi) is 3.43. The van der Waals surface area contributed by atoms with Crippen LogP contribution >= 0.6 is 0 Å². The molecule has 3 aromatic rings. The maximum atomic E-state index is 5.85. The number of aromatic nitrogens is 4. The average molecular weight is 283 g/mol. The monoisotopic (exact) mass is 283 g/mol. The molecule has 0 saturated carbocycles. The molecule has 0 unspecified atom stereocenters. The van der Waals surface area contributed by atoms with Crippen molar-refractivity contribution in [1.29, 1.82) is 0 Å². The minimum atomic E-state index is 0.254. The number of nitrogens with zero attached hydrogens (tertiary/aromatic N) is 4. The van der Waals surface area contributed by atoms with E-state index in [0.29, 0.717) is 6.61 Å². The van der Waals surface area contributed by atoms with Crippen LogP contribution in [-0.4, -0.2) is 26.1 Å². The lowest BCUT2D eigenvalue weighted by Crippen LogP contribution is -1.97. The van der Waals surface area contributed by atoms with Gasteiger partial charge in [0.15, 0.2) is 0 Å². The molecule has 3 rings (SSSR count). The van der Waals surface area contributed by atoms with Gasteiger partial charge >= 0.3 is 0 Å². The standard InChI is InChI=1S/C15H17N5O/c1-3-8-21-12-5-7-17-14-13(12)10(9-20(14)2)11-4-6-18-15(16)19-11/h4-7,9H,3,8H2,1-2H3,(H2,16,18,19). The molecule has 0 bridgehead atoms. The van der Waals surface area contributed by atoms with Gasteiger partial charge in [0, 0.05) is 31.2 Å². The molecule has 0 atom stereocenters. The number of anilines is 1. The fraction of sp³-hybridized carbons (Fsp3) is 0.267. The van der Waals surface area contributed by atoms with Gasteiger partial charge in [-0.15, -0.1) is 0 Å². The van der Waals surface area contributed by atoms with Crippen molar-refractivity contribution in [2.45, 2.75) is 13.3 Å². The Morgan fingerprint density at radius 3 is 2.81 bits per heavy atom. The summed E-state index contributed by atoms with van der Waals surface area (Å²) in [5.74, 6) is 1.07.